The molecule has 0 aliphatic carbocycles. The number of halogens is 3. The van der Waals surface area contributed by atoms with Gasteiger partial charge in [0.15, 0.2) is 0 Å². The Bertz CT molecular complexity index is 1450. The first-order valence-electron chi connectivity index (χ1n) is 13.8. The fraction of sp³-hybridized carbons (Fsp3) is 0.290. The Morgan fingerprint density at radius 3 is 1.88 bits per heavy atom. The molecular formula is C31H33BrCl2N6O2. The number of aromatic nitrogens is 2. The molecular weight excluding hydrogens is 639 g/mol. The minimum Gasteiger partial charge on any atom is -0.371 e. The smallest absolute Gasteiger partial charge is 0.131 e. The van der Waals surface area contributed by atoms with Crippen molar-refractivity contribution < 1.29 is 9.47 Å². The quantitative estimate of drug-likeness (QED) is 0.158. The number of aryl methyl sites for hydroxylation is 1. The van der Waals surface area contributed by atoms with Gasteiger partial charge in [-0.25, -0.2) is 9.97 Å². The number of anilines is 4. The van der Waals surface area contributed by atoms with E-state index in [0.717, 1.165) is 77.9 Å². The Balaban J connectivity index is 0.000000168. The molecule has 2 aromatic carbocycles. The van der Waals surface area contributed by atoms with E-state index in [1.54, 1.807) is 6.07 Å². The molecule has 2 aliphatic heterocycles. The summed E-state index contributed by atoms with van der Waals surface area (Å²) in [6.07, 6.45) is 3.61. The molecule has 0 amide bonds. The van der Waals surface area contributed by atoms with Crippen molar-refractivity contribution in [3.8, 4) is 0 Å². The molecule has 4 aromatic rings. The van der Waals surface area contributed by atoms with Crippen LogP contribution in [0.5, 0.6) is 0 Å². The fourth-order valence-electron chi connectivity index (χ4n) is 4.54. The fourth-order valence-corrected chi connectivity index (χ4v) is 5.07. The average molecular weight is 672 g/mol. The van der Waals surface area contributed by atoms with Crippen LogP contribution in [0.15, 0.2) is 77.5 Å². The zero-order valence-corrected chi connectivity index (χ0v) is 26.3. The highest BCUT2D eigenvalue weighted by atomic mass is 79.9. The van der Waals surface area contributed by atoms with Gasteiger partial charge in [0, 0.05) is 60.5 Å². The minimum absolute atomic E-state index is 0.117. The number of nitrogens with one attached hydrogen (secondary N) is 4. The lowest BCUT2D eigenvalue weighted by molar-refractivity contribution is 0.0276. The summed E-state index contributed by atoms with van der Waals surface area (Å²) in [6, 6.07) is 20.2. The van der Waals surface area contributed by atoms with Gasteiger partial charge < -0.3 is 30.7 Å². The second-order valence-electron chi connectivity index (χ2n) is 9.93. The Hall–Kier alpha value is -2.76. The summed E-state index contributed by atoms with van der Waals surface area (Å²) >= 11 is 15.4. The third-order valence-electron chi connectivity index (χ3n) is 6.84. The second-order valence-corrected chi connectivity index (χ2v) is 11.6. The number of hydrogen-bond donors (Lipinski definition) is 4. The maximum atomic E-state index is 6.09. The van der Waals surface area contributed by atoms with Gasteiger partial charge in [-0.05, 0) is 69.9 Å². The second kappa shape index (κ2) is 15.1. The van der Waals surface area contributed by atoms with E-state index < -0.39 is 0 Å². The van der Waals surface area contributed by atoms with Crippen LogP contribution in [-0.2, 0) is 9.47 Å². The summed E-state index contributed by atoms with van der Waals surface area (Å²) in [4.78, 5) is 8.28. The van der Waals surface area contributed by atoms with Crippen molar-refractivity contribution in [2.24, 2.45) is 0 Å². The van der Waals surface area contributed by atoms with E-state index >= 15 is 0 Å². The molecule has 42 heavy (non-hydrogen) atoms. The van der Waals surface area contributed by atoms with Crippen molar-refractivity contribution in [3.05, 3.63) is 104 Å². The van der Waals surface area contributed by atoms with E-state index in [0.29, 0.717) is 10.2 Å². The van der Waals surface area contributed by atoms with Gasteiger partial charge in [-0.3, -0.25) is 0 Å². The van der Waals surface area contributed by atoms with Crippen LogP contribution in [0.4, 0.5) is 22.9 Å². The van der Waals surface area contributed by atoms with E-state index in [4.69, 9.17) is 32.7 Å². The molecule has 0 spiro atoms. The highest BCUT2D eigenvalue weighted by molar-refractivity contribution is 9.10. The zero-order chi connectivity index (χ0) is 29.3. The Kier molecular flexibility index (Phi) is 11.0. The monoisotopic (exact) mass is 670 g/mol. The van der Waals surface area contributed by atoms with Crippen molar-refractivity contribution in [3.63, 3.8) is 0 Å². The topological polar surface area (TPSA) is 92.4 Å². The van der Waals surface area contributed by atoms with Gasteiger partial charge in [0.05, 0.1) is 36.1 Å². The van der Waals surface area contributed by atoms with Gasteiger partial charge in [0.25, 0.3) is 0 Å². The predicted octanol–water partition coefficient (Wildman–Crippen LogP) is 7.35. The highest BCUT2D eigenvalue weighted by Gasteiger charge is 2.16. The molecule has 0 bridgehead atoms. The van der Waals surface area contributed by atoms with E-state index in [2.05, 4.69) is 83.6 Å². The molecule has 0 unspecified atom stereocenters. The maximum Gasteiger partial charge on any atom is 0.131 e. The van der Waals surface area contributed by atoms with Crippen molar-refractivity contribution in [1.29, 1.82) is 0 Å². The third-order valence-corrected chi connectivity index (χ3v) is 8.18. The Morgan fingerprint density at radius 1 is 0.786 bits per heavy atom. The molecule has 0 saturated carbocycles. The van der Waals surface area contributed by atoms with Gasteiger partial charge in [-0.1, -0.05) is 47.5 Å². The summed E-state index contributed by atoms with van der Waals surface area (Å²) in [6.45, 7) is 7.14. The molecule has 2 saturated heterocycles. The van der Waals surface area contributed by atoms with E-state index in [1.165, 1.54) is 11.8 Å². The van der Waals surface area contributed by atoms with Crippen LogP contribution < -0.4 is 21.3 Å². The molecule has 2 aromatic heterocycles. The number of hydrogen-bond acceptors (Lipinski definition) is 8. The largest absolute Gasteiger partial charge is 0.371 e. The number of nitrogens with zero attached hydrogens (tertiary/aromatic N) is 2. The standard InChI is InChI=1S/C16H18BrN3O.C15H15Cl2N3O/c1-11-8-16(19-9-14(11)17)20-13-4-2-12(3-5-13)15-10-18-6-7-21-15;16-12-8-19-15(17)7-13(12)20-11-3-1-10(2-4-11)14-9-18-5-6-21-14/h2-5,8-9,15,18H,6-7,10H2,1H3,(H,19,20);1-4,7-8,14,18H,5-6,9H2,(H,19,20)/t15-;14-/m11/s1. The third kappa shape index (κ3) is 8.64. The molecule has 2 aliphatic rings. The van der Waals surface area contributed by atoms with Crippen LogP contribution in [0, 0.1) is 6.92 Å². The van der Waals surface area contributed by atoms with E-state index in [1.807, 2.05) is 31.3 Å². The first-order chi connectivity index (χ1) is 20.4. The van der Waals surface area contributed by atoms with Crippen molar-refractivity contribution in [2.75, 3.05) is 50.0 Å². The van der Waals surface area contributed by atoms with Crippen LogP contribution in [0.3, 0.4) is 0 Å². The molecule has 6 rings (SSSR count). The van der Waals surface area contributed by atoms with Crippen molar-refractivity contribution in [2.45, 2.75) is 19.1 Å². The zero-order valence-electron chi connectivity index (χ0n) is 23.2. The molecule has 4 heterocycles. The van der Waals surface area contributed by atoms with Crippen LogP contribution in [0.25, 0.3) is 0 Å². The van der Waals surface area contributed by atoms with Gasteiger partial charge in [0.2, 0.25) is 0 Å². The van der Waals surface area contributed by atoms with Crippen molar-refractivity contribution >= 4 is 62.0 Å². The van der Waals surface area contributed by atoms with Crippen LogP contribution in [0.1, 0.15) is 28.9 Å². The Morgan fingerprint density at radius 2 is 1.36 bits per heavy atom. The van der Waals surface area contributed by atoms with Gasteiger partial charge in [-0.15, -0.1) is 0 Å². The lowest BCUT2D eigenvalue weighted by atomic mass is 10.1. The van der Waals surface area contributed by atoms with Gasteiger partial charge >= 0.3 is 0 Å². The molecule has 8 nitrogen and oxygen atoms in total. The molecule has 11 heteroatoms. The number of morpholine rings is 2. The molecule has 4 N–H and O–H groups in total. The van der Waals surface area contributed by atoms with Crippen LogP contribution in [0.2, 0.25) is 10.2 Å². The lowest BCUT2D eigenvalue weighted by Crippen LogP contribution is -2.33. The Labute approximate surface area is 264 Å². The van der Waals surface area contributed by atoms with E-state index in [9.17, 15) is 0 Å². The maximum absolute atomic E-state index is 6.09. The normalized spacial score (nSPS) is 18.5. The summed E-state index contributed by atoms with van der Waals surface area (Å²) in [7, 11) is 0. The first kappa shape index (κ1) is 30.7. The van der Waals surface area contributed by atoms with Crippen LogP contribution >= 0.6 is 39.1 Å². The van der Waals surface area contributed by atoms with Crippen molar-refractivity contribution in [1.82, 2.24) is 20.6 Å². The predicted molar refractivity (Wildman–Crippen MR) is 174 cm³/mol. The lowest BCUT2D eigenvalue weighted by Gasteiger charge is -2.24. The summed E-state index contributed by atoms with van der Waals surface area (Å²) in [5.74, 6) is 0.846. The molecule has 0 radical (unpaired) electrons. The van der Waals surface area contributed by atoms with Gasteiger partial charge in [0.1, 0.15) is 11.0 Å². The molecule has 2 atom stereocenters. The van der Waals surface area contributed by atoms with Crippen LogP contribution in [-0.4, -0.2) is 49.4 Å². The number of pyridine rings is 2. The first-order valence-corrected chi connectivity index (χ1v) is 15.3. The molecule has 2 fully saturated rings. The minimum atomic E-state index is 0.117. The molecule has 220 valence electrons. The van der Waals surface area contributed by atoms with E-state index in [-0.39, 0.29) is 12.2 Å². The number of ether oxygens (including phenoxy) is 2. The van der Waals surface area contributed by atoms with Gasteiger partial charge in [-0.2, -0.15) is 0 Å². The SMILES string of the molecule is Cc1cc(Nc2ccc([C@H]3CNCCO3)cc2)ncc1Br.Clc1cc(Nc2ccc([C@H]3CNCCO3)cc2)c(Cl)cn1. The summed E-state index contributed by atoms with van der Waals surface area (Å²) in [5.41, 5.74) is 6.22. The number of benzene rings is 2. The highest BCUT2D eigenvalue weighted by Crippen LogP contribution is 2.28. The summed E-state index contributed by atoms with van der Waals surface area (Å²) in [5, 5.41) is 14.1. The summed E-state index contributed by atoms with van der Waals surface area (Å²) < 4.78 is 12.5. The average Bonchev–Trinajstić information content (AvgIpc) is 3.03. The number of rotatable bonds is 6.